The van der Waals surface area contributed by atoms with Crippen molar-refractivity contribution >= 4 is 0 Å². The summed E-state index contributed by atoms with van der Waals surface area (Å²) in [5.74, 6) is 1.49. The van der Waals surface area contributed by atoms with Gasteiger partial charge in [0, 0.05) is 0 Å². The highest BCUT2D eigenvalue weighted by molar-refractivity contribution is 5.27. The highest BCUT2D eigenvalue weighted by atomic mass is 19.4. The first kappa shape index (κ1) is 21.6. The Bertz CT molecular complexity index is 754. The molecule has 0 unspecified atom stereocenters. The molecule has 0 N–H and O–H groups in total. The number of hydrogen-bond donors (Lipinski definition) is 0. The van der Waals surface area contributed by atoms with E-state index < -0.39 is 17.6 Å². The largest absolute Gasteiger partial charge is 0.416 e. The summed E-state index contributed by atoms with van der Waals surface area (Å²) < 4.78 is 51.0. The molecule has 0 radical (unpaired) electrons. The molecule has 0 saturated heterocycles. The number of rotatable bonds is 4. The second-order valence-electron chi connectivity index (χ2n) is 8.42. The van der Waals surface area contributed by atoms with Crippen LogP contribution in [0.15, 0.2) is 48.3 Å². The third kappa shape index (κ3) is 5.95. The molecule has 29 heavy (non-hydrogen) atoms. The quantitative estimate of drug-likeness (QED) is 0.286. The van der Waals surface area contributed by atoms with E-state index in [9.17, 15) is 17.6 Å². The zero-order valence-corrected chi connectivity index (χ0v) is 16.5. The average molecular weight is 405 g/mol. The van der Waals surface area contributed by atoms with Crippen LogP contribution in [-0.2, 0) is 6.18 Å². The topological polar surface area (TPSA) is 23.8 Å². The lowest BCUT2D eigenvalue weighted by molar-refractivity contribution is -0.137. The van der Waals surface area contributed by atoms with E-state index in [1.807, 2.05) is 6.08 Å². The minimum absolute atomic E-state index is 0.370. The molecular weight excluding hydrogens is 378 g/mol. The van der Waals surface area contributed by atoms with Gasteiger partial charge in [-0.25, -0.2) is 0 Å². The Morgan fingerprint density at radius 2 is 1.45 bits per heavy atom. The normalized spacial score (nSPS) is 29.0. The molecule has 0 aliphatic heterocycles. The van der Waals surface area contributed by atoms with E-state index in [4.69, 9.17) is 5.26 Å². The highest BCUT2D eigenvalue weighted by Crippen LogP contribution is 2.44. The van der Waals surface area contributed by atoms with Crippen molar-refractivity contribution in [3.8, 4) is 6.07 Å². The molecular formula is C24H27F4N. The molecule has 156 valence electrons. The molecule has 5 heteroatoms. The summed E-state index contributed by atoms with van der Waals surface area (Å²) in [5, 5.41) is 8.41. The summed E-state index contributed by atoms with van der Waals surface area (Å²) in [4.78, 5) is 0. The van der Waals surface area contributed by atoms with E-state index >= 15 is 0 Å². The predicted octanol–water partition coefficient (Wildman–Crippen LogP) is 7.72. The Kier molecular flexibility index (Phi) is 7.16. The summed E-state index contributed by atoms with van der Waals surface area (Å²) in [5.41, 5.74) is 0.453. The third-order valence-electron chi connectivity index (χ3n) is 6.70. The van der Waals surface area contributed by atoms with Gasteiger partial charge in [-0.15, -0.1) is 0 Å². The van der Waals surface area contributed by atoms with Gasteiger partial charge in [-0.05, 0) is 98.8 Å². The smallest absolute Gasteiger partial charge is 0.195 e. The molecule has 2 aliphatic rings. The molecule has 2 aliphatic carbocycles. The van der Waals surface area contributed by atoms with Crippen molar-refractivity contribution in [3.63, 3.8) is 0 Å². The fraction of sp³-hybridized carbons (Fsp3) is 0.542. The van der Waals surface area contributed by atoms with Gasteiger partial charge in [-0.3, -0.25) is 0 Å². The Labute approximate surface area is 170 Å². The second-order valence-corrected chi connectivity index (χ2v) is 8.42. The molecule has 0 heterocycles. The highest BCUT2D eigenvalue weighted by Gasteiger charge is 2.32. The van der Waals surface area contributed by atoms with Crippen molar-refractivity contribution in [2.75, 3.05) is 0 Å². The van der Waals surface area contributed by atoms with Crippen molar-refractivity contribution in [1.29, 1.82) is 5.26 Å². The summed E-state index contributed by atoms with van der Waals surface area (Å²) >= 11 is 0. The van der Waals surface area contributed by atoms with E-state index in [-0.39, 0.29) is 0 Å². The summed E-state index contributed by atoms with van der Waals surface area (Å²) in [7, 11) is 0. The van der Waals surface area contributed by atoms with Crippen LogP contribution in [-0.4, -0.2) is 0 Å². The molecule has 3 rings (SSSR count). The molecule has 1 nitrogen and oxygen atoms in total. The summed E-state index contributed by atoms with van der Waals surface area (Å²) in [6, 6.07) is 7.17. The molecule has 2 fully saturated rings. The predicted molar refractivity (Wildman–Crippen MR) is 106 cm³/mol. The van der Waals surface area contributed by atoms with Gasteiger partial charge in [0.25, 0.3) is 0 Å². The van der Waals surface area contributed by atoms with Gasteiger partial charge >= 0.3 is 6.18 Å². The van der Waals surface area contributed by atoms with Crippen molar-refractivity contribution in [2.45, 2.75) is 63.5 Å². The van der Waals surface area contributed by atoms with Crippen LogP contribution < -0.4 is 0 Å². The van der Waals surface area contributed by atoms with Crippen LogP contribution in [0.4, 0.5) is 17.6 Å². The van der Waals surface area contributed by atoms with E-state index in [1.165, 1.54) is 37.1 Å². The van der Waals surface area contributed by atoms with E-state index in [0.717, 1.165) is 50.0 Å². The van der Waals surface area contributed by atoms with Crippen LogP contribution in [0.1, 0.15) is 68.4 Å². The fourth-order valence-corrected chi connectivity index (χ4v) is 5.01. The zero-order valence-electron chi connectivity index (χ0n) is 16.5. The molecule has 0 atom stereocenters. The van der Waals surface area contributed by atoms with Crippen molar-refractivity contribution < 1.29 is 17.6 Å². The summed E-state index contributed by atoms with van der Waals surface area (Å²) in [6.45, 7) is 0. The average Bonchev–Trinajstić information content (AvgIpc) is 2.74. The maximum atomic E-state index is 12.8. The first-order valence-corrected chi connectivity index (χ1v) is 10.5. The third-order valence-corrected chi connectivity index (χ3v) is 6.70. The Hall–Kier alpha value is -2.09. The fourth-order valence-electron chi connectivity index (χ4n) is 5.01. The van der Waals surface area contributed by atoms with E-state index in [2.05, 4.69) is 0 Å². The lowest BCUT2D eigenvalue weighted by Gasteiger charge is -2.37. The van der Waals surface area contributed by atoms with Gasteiger partial charge in [0.2, 0.25) is 0 Å². The molecule has 0 bridgehead atoms. The maximum absolute atomic E-state index is 12.8. The van der Waals surface area contributed by atoms with Gasteiger partial charge in [0.15, 0.2) is 5.83 Å². The zero-order chi connectivity index (χ0) is 20.9. The SMILES string of the molecule is N#CC(F)=CC=C[C@H]1CC[C@H]([C@H]2CC[C@H](c3ccc(C(F)(F)F)cc3)CC2)CC1. The lowest BCUT2D eigenvalue weighted by Crippen LogP contribution is -2.25. The minimum atomic E-state index is -4.27. The van der Waals surface area contributed by atoms with Gasteiger partial charge in [0.1, 0.15) is 6.07 Å². The molecule has 0 amide bonds. The van der Waals surface area contributed by atoms with Gasteiger partial charge in [0.05, 0.1) is 5.56 Å². The Morgan fingerprint density at radius 1 is 0.897 bits per heavy atom. The van der Waals surface area contributed by atoms with Gasteiger partial charge < -0.3 is 0 Å². The number of nitrogens with zero attached hydrogens (tertiary/aromatic N) is 1. The number of nitriles is 1. The number of hydrogen-bond acceptors (Lipinski definition) is 1. The molecule has 2 saturated carbocycles. The molecule has 1 aromatic rings. The Morgan fingerprint density at radius 3 is 1.97 bits per heavy atom. The Balaban J connectivity index is 1.45. The van der Waals surface area contributed by atoms with Crippen LogP contribution in [0.2, 0.25) is 0 Å². The van der Waals surface area contributed by atoms with E-state index in [0.29, 0.717) is 17.8 Å². The standard InChI is InChI=1S/C24H27F4N/c25-23(16-29)3-1-2-17-4-6-18(7-5-17)19-8-10-20(11-9-19)21-12-14-22(15-13-21)24(26,27)28/h1-3,12-15,17-20H,4-11H2/t17-,18-,19-,20-. The van der Waals surface area contributed by atoms with Crippen LogP contribution in [0.5, 0.6) is 0 Å². The first-order valence-electron chi connectivity index (χ1n) is 10.5. The lowest BCUT2D eigenvalue weighted by atomic mass is 9.68. The maximum Gasteiger partial charge on any atom is 0.416 e. The molecule has 1 aromatic carbocycles. The van der Waals surface area contributed by atoms with Gasteiger partial charge in [-0.2, -0.15) is 22.8 Å². The van der Waals surface area contributed by atoms with Crippen molar-refractivity contribution in [1.82, 2.24) is 0 Å². The van der Waals surface area contributed by atoms with Crippen LogP contribution in [0.3, 0.4) is 0 Å². The van der Waals surface area contributed by atoms with Crippen LogP contribution in [0, 0.1) is 29.1 Å². The number of alkyl halides is 3. The molecule has 0 aromatic heterocycles. The van der Waals surface area contributed by atoms with Crippen molar-refractivity contribution in [3.05, 3.63) is 59.4 Å². The van der Waals surface area contributed by atoms with Crippen LogP contribution in [0.25, 0.3) is 0 Å². The first-order chi connectivity index (χ1) is 13.9. The molecule has 0 spiro atoms. The summed E-state index contributed by atoms with van der Waals surface area (Å²) in [6.07, 6.45) is 9.54. The number of benzene rings is 1. The van der Waals surface area contributed by atoms with Gasteiger partial charge in [-0.1, -0.05) is 24.3 Å². The van der Waals surface area contributed by atoms with E-state index in [1.54, 1.807) is 18.2 Å². The number of halogens is 4. The van der Waals surface area contributed by atoms with Crippen molar-refractivity contribution in [2.24, 2.45) is 17.8 Å². The van der Waals surface area contributed by atoms with Crippen LogP contribution >= 0.6 is 0 Å². The second kappa shape index (κ2) is 9.61. The minimum Gasteiger partial charge on any atom is -0.195 e. The monoisotopic (exact) mass is 405 g/mol. The number of allylic oxidation sites excluding steroid dienone is 4.